The Bertz CT molecular complexity index is 2230. The van der Waals surface area contributed by atoms with E-state index in [2.05, 4.69) is 14.9 Å². The minimum Gasteiger partial charge on any atom is -0.405 e. The van der Waals surface area contributed by atoms with Gasteiger partial charge in [-0.2, -0.15) is 10.2 Å². The van der Waals surface area contributed by atoms with Gasteiger partial charge in [-0.3, -0.25) is 9.36 Å². The number of rotatable bonds is 8. The standard InChI is InChI=1S/C32H28F4N6O3S/c1-40-15-20-13-23(28(14-27(20)38-40)45-32(34,35)36)31-37-29(30(41(31)2)19-7-8-19)22-5-4-6-26-24(22)16-42(39-26)17-25(33)18-9-11-21(12-10-18)46(3,43)44/h4-6,9-16,19,25H,7-8,17H2,1-3H3/t25-/m1/s1. The lowest BCUT2D eigenvalue weighted by atomic mass is 10.0. The van der Waals surface area contributed by atoms with Crippen LogP contribution in [0.15, 0.2) is 71.9 Å². The molecule has 1 atom stereocenters. The number of hydrogen-bond donors (Lipinski definition) is 0. The molecule has 0 unspecified atom stereocenters. The van der Waals surface area contributed by atoms with Crippen LogP contribution in [0.4, 0.5) is 17.6 Å². The second-order valence-corrected chi connectivity index (χ2v) is 13.7. The number of ether oxygens (including phenoxy) is 1. The number of aryl methyl sites for hydroxylation is 1. The molecule has 7 rings (SSSR count). The fourth-order valence-electron chi connectivity index (χ4n) is 5.92. The van der Waals surface area contributed by atoms with E-state index < -0.39 is 28.1 Å². The molecule has 14 heteroatoms. The highest BCUT2D eigenvalue weighted by molar-refractivity contribution is 7.90. The summed E-state index contributed by atoms with van der Waals surface area (Å²) in [4.78, 5) is 5.05. The molecule has 3 aromatic carbocycles. The average Bonchev–Trinajstić information content (AvgIpc) is 3.48. The summed E-state index contributed by atoms with van der Waals surface area (Å²) in [5.41, 5.74) is 3.68. The highest BCUT2D eigenvalue weighted by Gasteiger charge is 2.36. The van der Waals surface area contributed by atoms with Gasteiger partial charge in [0.1, 0.15) is 17.7 Å². The largest absolute Gasteiger partial charge is 0.573 e. The van der Waals surface area contributed by atoms with Crippen molar-refractivity contribution in [3.8, 4) is 28.4 Å². The Labute approximate surface area is 260 Å². The van der Waals surface area contributed by atoms with Crippen LogP contribution in [0.5, 0.6) is 5.75 Å². The lowest BCUT2D eigenvalue weighted by Crippen LogP contribution is -2.18. The Morgan fingerprint density at radius 2 is 1.72 bits per heavy atom. The van der Waals surface area contributed by atoms with E-state index in [-0.39, 0.29) is 22.9 Å². The number of fused-ring (bicyclic) bond motifs is 2. The van der Waals surface area contributed by atoms with Crippen LogP contribution in [-0.2, 0) is 30.5 Å². The van der Waals surface area contributed by atoms with Gasteiger partial charge in [-0.05, 0) is 42.7 Å². The highest BCUT2D eigenvalue weighted by Crippen LogP contribution is 2.48. The summed E-state index contributed by atoms with van der Waals surface area (Å²) in [6.07, 6.45) is -0.0106. The lowest BCUT2D eigenvalue weighted by Gasteiger charge is -2.14. The first kappa shape index (κ1) is 30.0. The van der Waals surface area contributed by atoms with Crippen LogP contribution in [0.3, 0.4) is 0 Å². The van der Waals surface area contributed by atoms with Crippen molar-refractivity contribution in [3.05, 3.63) is 78.2 Å². The van der Waals surface area contributed by atoms with Crippen LogP contribution >= 0.6 is 0 Å². The number of benzene rings is 3. The highest BCUT2D eigenvalue weighted by atomic mass is 32.2. The Kier molecular flexibility index (Phi) is 6.96. The van der Waals surface area contributed by atoms with Gasteiger partial charge in [-0.15, -0.1) is 13.2 Å². The third kappa shape index (κ3) is 5.61. The predicted molar refractivity (Wildman–Crippen MR) is 164 cm³/mol. The van der Waals surface area contributed by atoms with Gasteiger partial charge < -0.3 is 9.30 Å². The summed E-state index contributed by atoms with van der Waals surface area (Å²) in [6.45, 7) is -0.113. The zero-order valence-corrected chi connectivity index (χ0v) is 25.8. The van der Waals surface area contributed by atoms with Crippen LogP contribution < -0.4 is 4.74 Å². The maximum absolute atomic E-state index is 15.4. The minimum absolute atomic E-state index is 0.108. The molecule has 0 N–H and O–H groups in total. The maximum atomic E-state index is 15.4. The second kappa shape index (κ2) is 10.7. The summed E-state index contributed by atoms with van der Waals surface area (Å²) in [5.74, 6) is 0.0868. The summed E-state index contributed by atoms with van der Waals surface area (Å²) in [5, 5.41) is 10.2. The molecule has 6 aromatic rings. The van der Waals surface area contributed by atoms with Crippen LogP contribution in [0, 0.1) is 0 Å². The number of alkyl halides is 4. The van der Waals surface area contributed by atoms with Crippen molar-refractivity contribution in [3.63, 3.8) is 0 Å². The monoisotopic (exact) mass is 652 g/mol. The van der Waals surface area contributed by atoms with E-state index in [1.54, 1.807) is 38.6 Å². The summed E-state index contributed by atoms with van der Waals surface area (Å²) in [7, 11) is 0.0724. The van der Waals surface area contributed by atoms with Crippen molar-refractivity contribution in [2.24, 2.45) is 14.1 Å². The Morgan fingerprint density at radius 1 is 0.978 bits per heavy atom. The molecular formula is C32H28F4N6O3S. The third-order valence-electron chi connectivity index (χ3n) is 8.16. The Morgan fingerprint density at radius 3 is 2.39 bits per heavy atom. The van der Waals surface area contributed by atoms with Crippen LogP contribution in [0.1, 0.15) is 36.2 Å². The number of sulfone groups is 1. The molecule has 1 saturated carbocycles. The summed E-state index contributed by atoms with van der Waals surface area (Å²) < 4.78 is 88.9. The number of imidazole rings is 1. The number of hydrogen-bond acceptors (Lipinski definition) is 6. The van der Waals surface area contributed by atoms with Gasteiger partial charge in [0.15, 0.2) is 9.84 Å². The third-order valence-corrected chi connectivity index (χ3v) is 9.29. The topological polar surface area (TPSA) is 96.8 Å². The molecule has 0 bridgehead atoms. The molecule has 3 heterocycles. The van der Waals surface area contributed by atoms with Crippen molar-refractivity contribution < 1.29 is 30.7 Å². The molecule has 0 spiro atoms. The SMILES string of the molecule is Cn1cc2cc(-c3nc(-c4cccc5nn(C[C@@H](F)c6ccc(S(C)(=O)=O)cc6)cc45)c(C4CC4)n3C)c(OC(F)(F)F)cc2n1. The molecule has 9 nitrogen and oxygen atoms in total. The first-order chi connectivity index (χ1) is 21.7. The zero-order valence-electron chi connectivity index (χ0n) is 25.0. The number of nitrogens with zero attached hydrogens (tertiary/aromatic N) is 6. The van der Waals surface area contributed by atoms with Crippen molar-refractivity contribution in [2.75, 3.05) is 6.26 Å². The molecule has 0 saturated heterocycles. The van der Waals surface area contributed by atoms with E-state index in [1.807, 2.05) is 16.7 Å². The van der Waals surface area contributed by atoms with E-state index in [4.69, 9.17) is 4.98 Å². The Balaban J connectivity index is 1.30. The molecule has 0 amide bonds. The van der Waals surface area contributed by atoms with Gasteiger partial charge in [-0.1, -0.05) is 24.3 Å². The Hall–Kier alpha value is -4.72. The molecule has 0 radical (unpaired) electrons. The first-order valence-corrected chi connectivity index (χ1v) is 16.3. The molecule has 1 fully saturated rings. The van der Waals surface area contributed by atoms with Gasteiger partial charge in [0.2, 0.25) is 0 Å². The van der Waals surface area contributed by atoms with Gasteiger partial charge in [0.25, 0.3) is 0 Å². The number of aromatic nitrogens is 6. The van der Waals surface area contributed by atoms with E-state index in [1.165, 1.54) is 39.7 Å². The average molecular weight is 653 g/mol. The normalized spacial score (nSPS) is 14.8. The van der Waals surface area contributed by atoms with E-state index in [9.17, 15) is 21.6 Å². The van der Waals surface area contributed by atoms with Gasteiger partial charge in [0.05, 0.1) is 33.7 Å². The fraction of sp³-hybridized carbons (Fsp3) is 0.281. The number of halogens is 4. The van der Waals surface area contributed by atoms with Crippen LogP contribution in [0.25, 0.3) is 44.5 Å². The van der Waals surface area contributed by atoms with Crippen molar-refractivity contribution >= 4 is 31.6 Å². The lowest BCUT2D eigenvalue weighted by molar-refractivity contribution is -0.274. The van der Waals surface area contributed by atoms with E-state index in [0.29, 0.717) is 38.9 Å². The molecular weight excluding hydrogens is 624 g/mol. The first-order valence-electron chi connectivity index (χ1n) is 14.5. The molecule has 238 valence electrons. The van der Waals surface area contributed by atoms with Crippen LogP contribution in [0.2, 0.25) is 0 Å². The smallest absolute Gasteiger partial charge is 0.405 e. The van der Waals surface area contributed by atoms with E-state index in [0.717, 1.165) is 30.4 Å². The molecule has 0 aliphatic heterocycles. The fourth-order valence-corrected chi connectivity index (χ4v) is 6.55. The van der Waals surface area contributed by atoms with E-state index >= 15 is 4.39 Å². The summed E-state index contributed by atoms with van der Waals surface area (Å²) >= 11 is 0. The second-order valence-electron chi connectivity index (χ2n) is 11.7. The van der Waals surface area contributed by atoms with Gasteiger partial charge in [0, 0.05) is 66.8 Å². The molecule has 1 aliphatic carbocycles. The molecule has 46 heavy (non-hydrogen) atoms. The van der Waals surface area contributed by atoms with Crippen molar-refractivity contribution in [1.82, 2.24) is 29.1 Å². The predicted octanol–water partition coefficient (Wildman–Crippen LogP) is 6.88. The minimum atomic E-state index is -4.92. The van der Waals surface area contributed by atoms with Crippen molar-refractivity contribution in [1.29, 1.82) is 0 Å². The quantitative estimate of drug-likeness (QED) is 0.166. The molecule has 1 aliphatic rings. The van der Waals surface area contributed by atoms with Gasteiger partial charge in [-0.25, -0.2) is 17.8 Å². The maximum Gasteiger partial charge on any atom is 0.573 e. The van der Waals surface area contributed by atoms with Crippen molar-refractivity contribution in [2.45, 2.75) is 42.7 Å². The van der Waals surface area contributed by atoms with Crippen LogP contribution in [-0.4, -0.2) is 50.1 Å². The van der Waals surface area contributed by atoms with Gasteiger partial charge >= 0.3 is 6.36 Å². The summed E-state index contributed by atoms with van der Waals surface area (Å²) in [6, 6.07) is 14.0. The molecule has 3 aromatic heterocycles. The zero-order chi connectivity index (χ0) is 32.5.